The van der Waals surface area contributed by atoms with E-state index < -0.39 is 11.5 Å². The predicted molar refractivity (Wildman–Crippen MR) is 133 cm³/mol. The molecule has 0 bridgehead atoms. The lowest BCUT2D eigenvalue weighted by Crippen LogP contribution is -2.57. The second-order valence-corrected chi connectivity index (χ2v) is 10.3. The van der Waals surface area contributed by atoms with Gasteiger partial charge >= 0.3 is 0 Å². The average molecular weight is 463 g/mol. The monoisotopic (exact) mass is 463 g/mol. The lowest BCUT2D eigenvalue weighted by Gasteiger charge is -2.42. The van der Waals surface area contributed by atoms with Crippen molar-refractivity contribution in [2.24, 2.45) is 5.41 Å². The molecular formula is C25H46BN3O4. The average Bonchev–Trinajstić information content (AvgIpc) is 3.49. The molecule has 3 atom stereocenters. The van der Waals surface area contributed by atoms with Crippen LogP contribution in [0.2, 0.25) is 6.82 Å². The minimum Gasteiger partial charge on any atom is -0.435 e. The summed E-state index contributed by atoms with van der Waals surface area (Å²) in [4.78, 5) is 43.8. The Labute approximate surface area is 201 Å². The van der Waals surface area contributed by atoms with E-state index in [2.05, 4.69) is 31.0 Å². The van der Waals surface area contributed by atoms with E-state index in [0.717, 1.165) is 45.1 Å². The van der Waals surface area contributed by atoms with Gasteiger partial charge in [-0.2, -0.15) is 0 Å². The minimum absolute atomic E-state index is 0.00807. The summed E-state index contributed by atoms with van der Waals surface area (Å²) >= 11 is 0. The van der Waals surface area contributed by atoms with Crippen LogP contribution in [0.5, 0.6) is 0 Å². The lowest BCUT2D eigenvalue weighted by molar-refractivity contribution is -0.144. The fourth-order valence-electron chi connectivity index (χ4n) is 5.31. The molecule has 0 aliphatic carbocycles. The summed E-state index contributed by atoms with van der Waals surface area (Å²) in [5.41, 5.74) is -0.452. The number of likely N-dealkylation sites (tertiary alicyclic amines) is 2. The van der Waals surface area contributed by atoms with Crippen molar-refractivity contribution in [3.63, 3.8) is 0 Å². The van der Waals surface area contributed by atoms with E-state index in [9.17, 15) is 14.4 Å². The third-order valence-corrected chi connectivity index (χ3v) is 8.66. The van der Waals surface area contributed by atoms with Gasteiger partial charge in [-0.25, -0.2) is 0 Å². The maximum Gasteiger partial charge on any atom is 0.272 e. The van der Waals surface area contributed by atoms with Crippen LogP contribution in [0.25, 0.3) is 0 Å². The quantitative estimate of drug-likeness (QED) is 0.451. The van der Waals surface area contributed by atoms with Crippen LogP contribution in [0, 0.1) is 5.41 Å². The SMILES string of the molecule is CBOC1C[C@@H](C(=O)NCC(=O)C(C)(CC)CC)N(C(=O)C2CCCN2C(C)(CC)CC)C1. The van der Waals surface area contributed by atoms with Crippen molar-refractivity contribution in [1.29, 1.82) is 0 Å². The Morgan fingerprint density at radius 1 is 1.03 bits per heavy atom. The molecule has 2 saturated heterocycles. The van der Waals surface area contributed by atoms with Crippen LogP contribution in [0.3, 0.4) is 0 Å². The summed E-state index contributed by atoms with van der Waals surface area (Å²) in [7, 11) is 0.546. The van der Waals surface area contributed by atoms with E-state index in [1.165, 1.54) is 0 Å². The molecule has 2 heterocycles. The molecule has 0 saturated carbocycles. The molecule has 2 amide bonds. The largest absolute Gasteiger partial charge is 0.435 e. The number of nitrogens with one attached hydrogen (secondary N) is 1. The van der Waals surface area contributed by atoms with E-state index in [-0.39, 0.29) is 41.8 Å². The summed E-state index contributed by atoms with van der Waals surface area (Å²) < 4.78 is 5.82. The van der Waals surface area contributed by atoms with Crippen molar-refractivity contribution in [3.05, 3.63) is 0 Å². The molecule has 2 unspecified atom stereocenters. The Morgan fingerprint density at radius 3 is 2.21 bits per heavy atom. The number of amides is 2. The van der Waals surface area contributed by atoms with Gasteiger partial charge in [0, 0.05) is 23.9 Å². The maximum atomic E-state index is 13.8. The molecule has 0 radical (unpaired) electrons. The molecule has 0 aromatic rings. The normalized spacial score (nSPS) is 24.2. The van der Waals surface area contributed by atoms with Crippen LogP contribution in [0.1, 0.15) is 86.5 Å². The van der Waals surface area contributed by atoms with Gasteiger partial charge in [0.15, 0.2) is 5.78 Å². The third-order valence-electron chi connectivity index (χ3n) is 8.66. The molecule has 2 fully saturated rings. The molecule has 2 aliphatic rings. The first kappa shape index (κ1) is 27.8. The van der Waals surface area contributed by atoms with Crippen molar-refractivity contribution in [2.75, 3.05) is 19.6 Å². The first-order valence-corrected chi connectivity index (χ1v) is 13.1. The molecule has 0 aromatic heterocycles. The Hall–Kier alpha value is -1.41. The van der Waals surface area contributed by atoms with Crippen LogP contribution in [0.15, 0.2) is 0 Å². The Morgan fingerprint density at radius 2 is 1.67 bits per heavy atom. The summed E-state index contributed by atoms with van der Waals surface area (Å²) in [5, 5.41) is 2.85. The van der Waals surface area contributed by atoms with E-state index in [4.69, 9.17) is 4.65 Å². The van der Waals surface area contributed by atoms with Gasteiger partial charge in [-0.3, -0.25) is 19.3 Å². The third kappa shape index (κ3) is 6.00. The molecule has 0 aromatic carbocycles. The van der Waals surface area contributed by atoms with Crippen molar-refractivity contribution in [2.45, 2.75) is 117 Å². The molecule has 1 N–H and O–H groups in total. The Bertz CT molecular complexity index is 693. The lowest BCUT2D eigenvalue weighted by atomic mass is 9.80. The number of hydrogen-bond donors (Lipinski definition) is 1. The van der Waals surface area contributed by atoms with Crippen molar-refractivity contribution in [3.8, 4) is 0 Å². The first-order chi connectivity index (χ1) is 15.6. The zero-order valence-electron chi connectivity index (χ0n) is 22.0. The number of nitrogens with zero attached hydrogens (tertiary/aromatic N) is 2. The van der Waals surface area contributed by atoms with E-state index >= 15 is 0 Å². The van der Waals surface area contributed by atoms with Crippen molar-refractivity contribution in [1.82, 2.24) is 15.1 Å². The van der Waals surface area contributed by atoms with Crippen molar-refractivity contribution < 1.29 is 19.0 Å². The van der Waals surface area contributed by atoms with Crippen LogP contribution in [0.4, 0.5) is 0 Å². The van der Waals surface area contributed by atoms with Gasteiger partial charge in [0.05, 0.1) is 18.7 Å². The molecule has 188 valence electrons. The molecule has 2 rings (SSSR count). The number of hydrogen-bond acceptors (Lipinski definition) is 5. The predicted octanol–water partition coefficient (Wildman–Crippen LogP) is 2.93. The zero-order valence-corrected chi connectivity index (χ0v) is 22.0. The van der Waals surface area contributed by atoms with Crippen molar-refractivity contribution >= 4 is 25.1 Å². The van der Waals surface area contributed by atoms with Crippen LogP contribution in [-0.4, -0.2) is 78.2 Å². The standard InChI is InChI=1S/C25H46BN3O4/c1-8-24(5,9-2)21(30)16-27-22(31)20-15-18(33-26-7)17-28(20)23(32)19-13-12-14-29(19)25(6,10-3)11-4/h18-20,26H,8-17H2,1-7H3,(H,27,31)/t18?,19?,20-/m0/s1. The zero-order chi connectivity index (χ0) is 24.8. The highest BCUT2D eigenvalue weighted by atomic mass is 16.4. The highest BCUT2D eigenvalue weighted by Gasteiger charge is 2.47. The first-order valence-electron chi connectivity index (χ1n) is 13.1. The molecule has 2 aliphatic heterocycles. The van der Waals surface area contributed by atoms with Gasteiger partial charge < -0.3 is 14.9 Å². The molecule has 33 heavy (non-hydrogen) atoms. The maximum absolute atomic E-state index is 13.8. The van der Waals surface area contributed by atoms with Crippen LogP contribution < -0.4 is 5.32 Å². The van der Waals surface area contributed by atoms with E-state index in [0.29, 0.717) is 20.4 Å². The molecule has 0 spiro atoms. The number of ketones is 1. The fraction of sp³-hybridized carbons (Fsp3) is 0.880. The topological polar surface area (TPSA) is 79.0 Å². The summed E-state index contributed by atoms with van der Waals surface area (Å²) in [6.07, 6.45) is 5.58. The number of rotatable bonds is 12. The van der Waals surface area contributed by atoms with Gasteiger partial charge in [-0.1, -0.05) is 41.4 Å². The summed E-state index contributed by atoms with van der Waals surface area (Å²) in [6, 6.07) is -0.788. The second kappa shape index (κ2) is 11.8. The van der Waals surface area contributed by atoms with Gasteiger partial charge in [0.25, 0.3) is 7.48 Å². The van der Waals surface area contributed by atoms with Gasteiger partial charge in [-0.05, 0) is 52.0 Å². The molecule has 8 heteroatoms. The number of Topliss-reactive ketones (excluding diaryl/α,β-unsaturated/α-hetero) is 1. The minimum atomic E-state index is -0.590. The van der Waals surface area contributed by atoms with Crippen LogP contribution in [-0.2, 0) is 19.0 Å². The molecular weight excluding hydrogens is 417 g/mol. The van der Waals surface area contributed by atoms with Gasteiger partial charge in [-0.15, -0.1) is 0 Å². The highest BCUT2D eigenvalue weighted by Crippen LogP contribution is 2.34. The van der Waals surface area contributed by atoms with E-state index in [1.807, 2.05) is 27.6 Å². The van der Waals surface area contributed by atoms with E-state index in [1.54, 1.807) is 4.90 Å². The molecule has 7 nitrogen and oxygen atoms in total. The summed E-state index contributed by atoms with van der Waals surface area (Å²) in [6.45, 7) is 15.8. The van der Waals surface area contributed by atoms with Gasteiger partial charge in [0.2, 0.25) is 11.8 Å². The highest BCUT2D eigenvalue weighted by molar-refractivity contribution is 6.24. The second-order valence-electron chi connectivity index (χ2n) is 10.3. The smallest absolute Gasteiger partial charge is 0.272 e. The number of carbonyl (C=O) groups excluding carboxylic acids is 3. The Kier molecular flexibility index (Phi) is 9.98. The summed E-state index contributed by atoms with van der Waals surface area (Å²) in [5.74, 6) is -0.172. The van der Waals surface area contributed by atoms with Gasteiger partial charge in [0.1, 0.15) is 6.04 Å². The Balaban J connectivity index is 2.17. The van der Waals surface area contributed by atoms with Crippen LogP contribution >= 0.6 is 0 Å². The fourth-order valence-corrected chi connectivity index (χ4v) is 5.31. The number of carbonyl (C=O) groups is 3.